The fourth-order valence-corrected chi connectivity index (χ4v) is 4.51. The van der Waals surface area contributed by atoms with E-state index in [1.165, 1.54) is 0 Å². The molecule has 0 unspecified atom stereocenters. The van der Waals surface area contributed by atoms with E-state index < -0.39 is 0 Å². The van der Waals surface area contributed by atoms with E-state index in [0.29, 0.717) is 56.5 Å². The third kappa shape index (κ3) is 3.18. The molecule has 0 radical (unpaired) electrons. The van der Waals surface area contributed by atoms with Gasteiger partial charge in [-0.15, -0.1) is 0 Å². The highest BCUT2D eigenvalue weighted by Gasteiger charge is 2.52. The van der Waals surface area contributed by atoms with Crippen LogP contribution in [0.4, 0.5) is 0 Å². The molecule has 0 spiro atoms. The van der Waals surface area contributed by atoms with Gasteiger partial charge in [0.1, 0.15) is 5.52 Å². The molecule has 1 amide bonds. The lowest BCUT2D eigenvalue weighted by Crippen LogP contribution is -2.37. The van der Waals surface area contributed by atoms with Crippen molar-refractivity contribution < 1.29 is 14.3 Å². The van der Waals surface area contributed by atoms with Crippen molar-refractivity contribution in [1.82, 2.24) is 24.4 Å². The van der Waals surface area contributed by atoms with Crippen LogP contribution in [0, 0.1) is 11.3 Å². The summed E-state index contributed by atoms with van der Waals surface area (Å²) in [5, 5.41) is 0. The van der Waals surface area contributed by atoms with Crippen LogP contribution in [0.15, 0.2) is 43.0 Å². The summed E-state index contributed by atoms with van der Waals surface area (Å²) in [4.78, 5) is 28.4. The fraction of sp³-hybridized carbons (Fsp3) is 0.429. The summed E-state index contributed by atoms with van der Waals surface area (Å²) in [5.41, 5.74) is 2.86. The first kappa shape index (κ1) is 18.2. The minimum absolute atomic E-state index is 0.0106. The van der Waals surface area contributed by atoms with Crippen LogP contribution >= 0.6 is 0 Å². The molecule has 150 valence electrons. The molecule has 3 aromatic heterocycles. The number of carbonyl (C=O) groups excluding carboxylic acids is 1. The highest BCUT2D eigenvalue weighted by atomic mass is 16.5. The van der Waals surface area contributed by atoms with Crippen molar-refractivity contribution in [3.63, 3.8) is 0 Å². The molecule has 0 bridgehead atoms. The second-order valence-electron chi connectivity index (χ2n) is 7.95. The number of rotatable bonds is 5. The van der Waals surface area contributed by atoms with Crippen LogP contribution in [0.3, 0.4) is 0 Å². The van der Waals surface area contributed by atoms with Gasteiger partial charge < -0.3 is 18.9 Å². The Hall–Kier alpha value is -2.84. The maximum atomic E-state index is 13.1. The first-order valence-electron chi connectivity index (χ1n) is 9.75. The number of imidazole rings is 1. The van der Waals surface area contributed by atoms with Gasteiger partial charge in [-0.2, -0.15) is 0 Å². The molecule has 0 saturated carbocycles. The Morgan fingerprint density at radius 3 is 3.10 bits per heavy atom. The first-order chi connectivity index (χ1) is 14.2. The monoisotopic (exact) mass is 393 g/mol. The van der Waals surface area contributed by atoms with E-state index in [2.05, 4.69) is 15.0 Å². The van der Waals surface area contributed by atoms with Crippen molar-refractivity contribution in [2.45, 2.75) is 6.54 Å². The van der Waals surface area contributed by atoms with Crippen molar-refractivity contribution in [3.8, 4) is 0 Å². The Bertz CT molecular complexity index is 1040. The molecule has 3 aromatic rings. The maximum Gasteiger partial charge on any atom is 0.255 e. The number of pyridine rings is 2. The molecule has 5 heterocycles. The van der Waals surface area contributed by atoms with Crippen LogP contribution in [0.5, 0.6) is 0 Å². The van der Waals surface area contributed by atoms with Gasteiger partial charge in [0.15, 0.2) is 5.65 Å². The van der Waals surface area contributed by atoms with Crippen molar-refractivity contribution >= 4 is 17.1 Å². The van der Waals surface area contributed by atoms with Crippen molar-refractivity contribution in [2.24, 2.45) is 11.3 Å². The third-order valence-corrected chi connectivity index (χ3v) is 6.00. The first-order valence-corrected chi connectivity index (χ1v) is 9.75. The van der Waals surface area contributed by atoms with Crippen LogP contribution in [-0.4, -0.2) is 70.3 Å². The van der Waals surface area contributed by atoms with Crippen molar-refractivity contribution in [1.29, 1.82) is 0 Å². The number of nitrogens with zero attached hydrogens (tertiary/aromatic N) is 5. The summed E-state index contributed by atoms with van der Waals surface area (Å²) in [6.45, 7) is 3.86. The van der Waals surface area contributed by atoms with E-state index in [1.807, 2.05) is 33.7 Å². The molecular formula is C21H23N5O3. The van der Waals surface area contributed by atoms with Crippen LogP contribution in [-0.2, 0) is 16.0 Å². The van der Waals surface area contributed by atoms with Gasteiger partial charge in [0.05, 0.1) is 44.0 Å². The Balaban J connectivity index is 1.36. The van der Waals surface area contributed by atoms with Gasteiger partial charge in [-0.25, -0.2) is 9.97 Å². The second-order valence-corrected chi connectivity index (χ2v) is 7.95. The van der Waals surface area contributed by atoms with E-state index in [1.54, 1.807) is 25.8 Å². The molecule has 29 heavy (non-hydrogen) atoms. The fourth-order valence-electron chi connectivity index (χ4n) is 4.51. The van der Waals surface area contributed by atoms with Crippen LogP contribution in [0.2, 0.25) is 0 Å². The van der Waals surface area contributed by atoms with E-state index in [0.717, 1.165) is 11.3 Å². The summed E-state index contributed by atoms with van der Waals surface area (Å²) in [5.74, 6) is 0.309. The quantitative estimate of drug-likeness (QED) is 0.655. The Labute approximate surface area is 168 Å². The number of carbonyl (C=O) groups is 1. The average Bonchev–Trinajstić information content (AvgIpc) is 3.41. The molecule has 2 fully saturated rings. The number of fused-ring (bicyclic) bond motifs is 2. The normalized spacial score (nSPS) is 23.6. The molecule has 2 atom stereocenters. The van der Waals surface area contributed by atoms with Crippen molar-refractivity contribution in [2.75, 3.05) is 40.0 Å². The predicted octanol–water partition coefficient (Wildman–Crippen LogP) is 1.61. The second kappa shape index (κ2) is 7.20. The smallest absolute Gasteiger partial charge is 0.255 e. The van der Waals surface area contributed by atoms with E-state index >= 15 is 0 Å². The topological polar surface area (TPSA) is 82.4 Å². The highest BCUT2D eigenvalue weighted by Crippen LogP contribution is 2.41. The standard InChI is InChI=1S/C21H23N5O3/c1-28-12-21-11-25(8-16(21)10-29-13-21)20(27)15-6-18-19(23-7-15)26(14-24-18)9-17-4-2-3-5-22-17/h2-7,14,16H,8-13H2,1H3/t16-,21-/m0/s1. The molecule has 0 aliphatic carbocycles. The molecule has 2 saturated heterocycles. The zero-order valence-corrected chi connectivity index (χ0v) is 16.3. The lowest BCUT2D eigenvalue weighted by Gasteiger charge is -2.25. The SMILES string of the molecule is COC[C@@]12COC[C@@H]1CN(C(=O)c1cnc3c(c1)ncn3Cc1ccccn1)C2. The van der Waals surface area contributed by atoms with Gasteiger partial charge in [0, 0.05) is 43.9 Å². The van der Waals surface area contributed by atoms with Gasteiger partial charge in [-0.3, -0.25) is 9.78 Å². The summed E-state index contributed by atoms with van der Waals surface area (Å²) in [6.07, 6.45) is 5.16. The highest BCUT2D eigenvalue weighted by molar-refractivity contribution is 5.96. The Morgan fingerprint density at radius 2 is 2.28 bits per heavy atom. The summed E-state index contributed by atoms with van der Waals surface area (Å²) >= 11 is 0. The molecule has 5 rings (SSSR count). The Kier molecular flexibility index (Phi) is 4.52. The van der Waals surface area contributed by atoms with Gasteiger partial charge >= 0.3 is 0 Å². The summed E-state index contributed by atoms with van der Waals surface area (Å²) in [7, 11) is 1.70. The number of aromatic nitrogens is 4. The lowest BCUT2D eigenvalue weighted by atomic mass is 9.82. The predicted molar refractivity (Wildman–Crippen MR) is 105 cm³/mol. The molecule has 8 nitrogen and oxygen atoms in total. The zero-order valence-electron chi connectivity index (χ0n) is 16.3. The van der Waals surface area contributed by atoms with Crippen LogP contribution < -0.4 is 0 Å². The van der Waals surface area contributed by atoms with Gasteiger partial charge in [0.25, 0.3) is 5.91 Å². The number of hydrogen-bond acceptors (Lipinski definition) is 6. The number of likely N-dealkylation sites (tertiary alicyclic amines) is 1. The minimum atomic E-state index is -0.0911. The van der Waals surface area contributed by atoms with E-state index in [-0.39, 0.29) is 11.3 Å². The number of amides is 1. The van der Waals surface area contributed by atoms with Crippen LogP contribution in [0.25, 0.3) is 11.2 Å². The maximum absolute atomic E-state index is 13.1. The van der Waals surface area contributed by atoms with Gasteiger partial charge in [0.2, 0.25) is 0 Å². The molecule has 0 aromatic carbocycles. The molecule has 0 N–H and O–H groups in total. The molecule has 8 heteroatoms. The minimum Gasteiger partial charge on any atom is -0.384 e. The van der Waals surface area contributed by atoms with Gasteiger partial charge in [-0.1, -0.05) is 6.07 Å². The van der Waals surface area contributed by atoms with E-state index in [9.17, 15) is 4.79 Å². The zero-order chi connectivity index (χ0) is 19.8. The van der Waals surface area contributed by atoms with Crippen molar-refractivity contribution in [3.05, 3.63) is 54.2 Å². The summed E-state index contributed by atoms with van der Waals surface area (Å²) < 4.78 is 13.0. The molecular weight excluding hydrogens is 370 g/mol. The Morgan fingerprint density at radius 1 is 1.34 bits per heavy atom. The third-order valence-electron chi connectivity index (χ3n) is 6.00. The lowest BCUT2D eigenvalue weighted by molar-refractivity contribution is 0.0489. The van der Waals surface area contributed by atoms with E-state index in [4.69, 9.17) is 9.47 Å². The number of methoxy groups -OCH3 is 1. The summed E-state index contributed by atoms with van der Waals surface area (Å²) in [6, 6.07) is 7.64. The molecule has 2 aliphatic rings. The van der Waals surface area contributed by atoms with Gasteiger partial charge in [-0.05, 0) is 18.2 Å². The number of hydrogen-bond donors (Lipinski definition) is 0. The largest absolute Gasteiger partial charge is 0.384 e. The van der Waals surface area contributed by atoms with Crippen LogP contribution in [0.1, 0.15) is 16.1 Å². The molecule has 2 aliphatic heterocycles. The average molecular weight is 393 g/mol. The number of ether oxygens (including phenoxy) is 2.